The Morgan fingerprint density at radius 1 is 1.21 bits per heavy atom. The standard InChI is InChI=1S/C21H16F2N6O4S/c1-34-21-17(20-26-19(28-33-20)10-2-5-14-15(6-10)32-9-31-14)18(24)29(27-21)8-16(30)25-13-7-11(22)3-4-12(13)23/h2-7H,8-9,24H2,1H3,(H,25,30). The number of amides is 1. The van der Waals surface area contributed by atoms with Crippen molar-refractivity contribution in [1.82, 2.24) is 19.9 Å². The molecule has 3 N–H and O–H groups in total. The second-order valence-electron chi connectivity index (χ2n) is 7.09. The Kier molecular flexibility index (Phi) is 5.53. The van der Waals surface area contributed by atoms with Crippen LogP contribution in [0.5, 0.6) is 11.5 Å². The lowest BCUT2D eigenvalue weighted by atomic mass is 10.2. The van der Waals surface area contributed by atoms with Gasteiger partial charge in [0.15, 0.2) is 11.5 Å². The highest BCUT2D eigenvalue weighted by atomic mass is 32.2. The summed E-state index contributed by atoms with van der Waals surface area (Å²) in [6.45, 7) is -0.207. The van der Waals surface area contributed by atoms with E-state index in [1.165, 1.54) is 16.4 Å². The van der Waals surface area contributed by atoms with Gasteiger partial charge in [-0.15, -0.1) is 11.8 Å². The molecule has 34 heavy (non-hydrogen) atoms. The van der Waals surface area contributed by atoms with Crippen LogP contribution in [0.4, 0.5) is 20.3 Å². The minimum Gasteiger partial charge on any atom is -0.454 e. The summed E-state index contributed by atoms with van der Waals surface area (Å²) in [5, 5.41) is 11.1. The largest absolute Gasteiger partial charge is 0.454 e. The van der Waals surface area contributed by atoms with E-state index in [2.05, 4.69) is 20.6 Å². The number of rotatable bonds is 6. The van der Waals surface area contributed by atoms with Crippen molar-refractivity contribution in [2.75, 3.05) is 24.1 Å². The first-order valence-electron chi connectivity index (χ1n) is 9.82. The van der Waals surface area contributed by atoms with Gasteiger partial charge in [0.25, 0.3) is 5.89 Å². The van der Waals surface area contributed by atoms with Gasteiger partial charge in [0, 0.05) is 11.6 Å². The summed E-state index contributed by atoms with van der Waals surface area (Å²) in [6.07, 6.45) is 1.77. The fourth-order valence-electron chi connectivity index (χ4n) is 3.31. The molecule has 1 aliphatic heterocycles. The van der Waals surface area contributed by atoms with Crippen molar-refractivity contribution in [2.45, 2.75) is 11.6 Å². The average Bonchev–Trinajstić information content (AvgIpc) is 3.55. The summed E-state index contributed by atoms with van der Waals surface area (Å²) in [4.78, 5) is 16.8. The summed E-state index contributed by atoms with van der Waals surface area (Å²) >= 11 is 1.26. The van der Waals surface area contributed by atoms with Crippen LogP contribution in [0.15, 0.2) is 45.9 Å². The van der Waals surface area contributed by atoms with Gasteiger partial charge in [-0.05, 0) is 36.6 Å². The minimum atomic E-state index is -0.768. The van der Waals surface area contributed by atoms with Gasteiger partial charge in [-0.2, -0.15) is 10.1 Å². The molecule has 0 fully saturated rings. The summed E-state index contributed by atoms with van der Waals surface area (Å²) in [7, 11) is 0. The number of halogens is 2. The predicted octanol–water partition coefficient (Wildman–Crippen LogP) is 3.55. The molecule has 0 spiro atoms. The molecule has 2 aromatic heterocycles. The lowest BCUT2D eigenvalue weighted by molar-refractivity contribution is -0.116. The molecule has 0 saturated carbocycles. The maximum absolute atomic E-state index is 13.8. The molecule has 174 valence electrons. The van der Waals surface area contributed by atoms with E-state index in [0.29, 0.717) is 33.5 Å². The highest BCUT2D eigenvalue weighted by Crippen LogP contribution is 2.37. The highest BCUT2D eigenvalue weighted by molar-refractivity contribution is 7.98. The SMILES string of the molecule is CSc1nn(CC(=O)Nc2cc(F)ccc2F)c(N)c1-c1nc(-c2ccc3c(c2)OCO3)no1. The second-order valence-corrected chi connectivity index (χ2v) is 7.89. The zero-order chi connectivity index (χ0) is 23.8. The molecule has 2 aromatic carbocycles. The number of anilines is 2. The number of hydrogen-bond acceptors (Lipinski definition) is 9. The zero-order valence-electron chi connectivity index (χ0n) is 17.5. The van der Waals surface area contributed by atoms with Crippen molar-refractivity contribution >= 4 is 29.2 Å². The Bertz CT molecular complexity index is 1410. The van der Waals surface area contributed by atoms with E-state index in [4.69, 9.17) is 19.7 Å². The third kappa shape index (κ3) is 4.01. The molecule has 0 atom stereocenters. The van der Waals surface area contributed by atoms with E-state index in [1.807, 2.05) is 0 Å². The zero-order valence-corrected chi connectivity index (χ0v) is 18.4. The Morgan fingerprint density at radius 3 is 2.85 bits per heavy atom. The maximum atomic E-state index is 13.8. The smallest absolute Gasteiger partial charge is 0.264 e. The molecule has 0 unspecified atom stereocenters. The van der Waals surface area contributed by atoms with Crippen LogP contribution in [0, 0.1) is 11.6 Å². The number of thioether (sulfide) groups is 1. The van der Waals surface area contributed by atoms with Gasteiger partial charge in [0.05, 0.1) is 5.69 Å². The van der Waals surface area contributed by atoms with Crippen LogP contribution in [0.2, 0.25) is 0 Å². The lowest BCUT2D eigenvalue weighted by Gasteiger charge is -2.07. The van der Waals surface area contributed by atoms with Crippen molar-refractivity contribution in [3.05, 3.63) is 48.0 Å². The summed E-state index contributed by atoms with van der Waals surface area (Å²) in [6, 6.07) is 8.00. The molecular formula is C21H16F2N6O4S. The first-order chi connectivity index (χ1) is 16.4. The second kappa shape index (κ2) is 8.67. The molecule has 1 amide bonds. The van der Waals surface area contributed by atoms with Gasteiger partial charge < -0.3 is 25.0 Å². The highest BCUT2D eigenvalue weighted by Gasteiger charge is 2.24. The molecule has 4 aromatic rings. The van der Waals surface area contributed by atoms with E-state index >= 15 is 0 Å². The monoisotopic (exact) mass is 486 g/mol. The van der Waals surface area contributed by atoms with Gasteiger partial charge in [0.1, 0.15) is 34.6 Å². The molecule has 1 aliphatic rings. The topological polar surface area (TPSA) is 130 Å². The fraction of sp³-hybridized carbons (Fsp3) is 0.143. The van der Waals surface area contributed by atoms with Gasteiger partial charge in [-0.3, -0.25) is 4.79 Å². The summed E-state index contributed by atoms with van der Waals surface area (Å²) in [5.41, 5.74) is 6.96. The molecule has 3 heterocycles. The average molecular weight is 486 g/mol. The number of nitrogen functional groups attached to an aromatic ring is 1. The Hall–Kier alpha value is -4.13. The van der Waals surface area contributed by atoms with E-state index in [0.717, 1.165) is 18.2 Å². The van der Waals surface area contributed by atoms with Crippen LogP contribution in [0.25, 0.3) is 22.8 Å². The van der Waals surface area contributed by atoms with Crippen molar-refractivity contribution in [3.8, 4) is 34.3 Å². The maximum Gasteiger partial charge on any atom is 0.264 e. The van der Waals surface area contributed by atoms with Crippen molar-refractivity contribution in [3.63, 3.8) is 0 Å². The molecular weight excluding hydrogens is 470 g/mol. The van der Waals surface area contributed by atoms with E-state index in [-0.39, 0.29) is 30.7 Å². The number of nitrogens with zero attached hydrogens (tertiary/aromatic N) is 4. The Balaban J connectivity index is 1.40. The molecule has 0 bridgehead atoms. The normalized spacial score (nSPS) is 12.2. The first-order valence-corrected chi connectivity index (χ1v) is 11.0. The van der Waals surface area contributed by atoms with Crippen LogP contribution >= 0.6 is 11.8 Å². The van der Waals surface area contributed by atoms with Crippen LogP contribution < -0.4 is 20.5 Å². The van der Waals surface area contributed by atoms with Crippen molar-refractivity contribution in [2.24, 2.45) is 0 Å². The van der Waals surface area contributed by atoms with Crippen molar-refractivity contribution in [1.29, 1.82) is 0 Å². The number of carbonyl (C=O) groups is 1. The number of nitrogens with two attached hydrogens (primary N) is 1. The number of aromatic nitrogens is 4. The van der Waals surface area contributed by atoms with Crippen LogP contribution in [0.3, 0.4) is 0 Å². The number of nitrogens with one attached hydrogen (secondary N) is 1. The Labute approximate surface area is 195 Å². The Morgan fingerprint density at radius 2 is 2.03 bits per heavy atom. The van der Waals surface area contributed by atoms with Crippen molar-refractivity contribution < 1.29 is 27.6 Å². The summed E-state index contributed by atoms with van der Waals surface area (Å²) < 4.78 is 44.5. The molecule has 10 nitrogen and oxygen atoms in total. The molecule has 0 radical (unpaired) electrons. The van der Waals surface area contributed by atoms with Gasteiger partial charge >= 0.3 is 0 Å². The van der Waals surface area contributed by atoms with E-state index < -0.39 is 17.5 Å². The van der Waals surface area contributed by atoms with Crippen LogP contribution in [-0.4, -0.2) is 38.9 Å². The number of benzene rings is 2. The van der Waals surface area contributed by atoms with E-state index in [9.17, 15) is 13.6 Å². The van der Waals surface area contributed by atoms with Crippen LogP contribution in [-0.2, 0) is 11.3 Å². The molecule has 0 saturated heterocycles. The van der Waals surface area contributed by atoms with Crippen LogP contribution in [0.1, 0.15) is 0 Å². The number of ether oxygens (including phenoxy) is 2. The molecule has 0 aliphatic carbocycles. The van der Waals surface area contributed by atoms with E-state index in [1.54, 1.807) is 24.5 Å². The minimum absolute atomic E-state index is 0.0973. The number of hydrogen-bond donors (Lipinski definition) is 2. The third-order valence-corrected chi connectivity index (χ3v) is 5.59. The summed E-state index contributed by atoms with van der Waals surface area (Å²) in [5.74, 6) is -0.401. The number of fused-ring (bicyclic) bond motifs is 1. The third-order valence-electron chi connectivity index (χ3n) is 4.92. The molecule has 13 heteroatoms. The fourth-order valence-corrected chi connectivity index (χ4v) is 3.89. The molecule has 5 rings (SSSR count). The van der Waals surface area contributed by atoms with Gasteiger partial charge in [0.2, 0.25) is 18.5 Å². The predicted molar refractivity (Wildman–Crippen MR) is 118 cm³/mol. The number of carbonyl (C=O) groups excluding carboxylic acids is 1. The lowest BCUT2D eigenvalue weighted by Crippen LogP contribution is -2.21. The first kappa shape index (κ1) is 21.7. The van der Waals surface area contributed by atoms with Gasteiger partial charge in [-0.25, -0.2) is 13.5 Å². The quantitative estimate of drug-likeness (QED) is 0.393. The van der Waals surface area contributed by atoms with Gasteiger partial charge in [-0.1, -0.05) is 5.16 Å².